The third-order valence-electron chi connectivity index (χ3n) is 3.17. The first-order chi connectivity index (χ1) is 9.80. The van der Waals surface area contributed by atoms with Gasteiger partial charge in [0.15, 0.2) is 0 Å². The molecule has 1 rings (SSSR count). The van der Waals surface area contributed by atoms with Gasteiger partial charge in [-0.1, -0.05) is 0 Å². The molecule has 0 saturated carbocycles. The van der Waals surface area contributed by atoms with Gasteiger partial charge in [0.1, 0.15) is 5.60 Å². The SMILES string of the molecule is CC(C)(C)OC(=O)N1CCC(F)(F)C(CCOS(C)(=O)=O)C1. The molecule has 0 N–H and O–H groups in total. The number of hydrogen-bond acceptors (Lipinski definition) is 5. The molecule has 1 atom stereocenters. The van der Waals surface area contributed by atoms with Crippen molar-refractivity contribution in [3.63, 3.8) is 0 Å². The molecule has 1 amide bonds. The average Bonchev–Trinajstić information content (AvgIpc) is 2.27. The number of rotatable bonds is 4. The van der Waals surface area contributed by atoms with Crippen LogP contribution in [0.15, 0.2) is 0 Å². The molecule has 0 bridgehead atoms. The summed E-state index contributed by atoms with van der Waals surface area (Å²) in [5, 5.41) is 0. The van der Waals surface area contributed by atoms with Crippen molar-refractivity contribution in [3.8, 4) is 0 Å². The fourth-order valence-corrected chi connectivity index (χ4v) is 2.51. The van der Waals surface area contributed by atoms with Crippen molar-refractivity contribution in [2.45, 2.75) is 45.1 Å². The molecule has 0 aromatic carbocycles. The molecular weight excluding hydrogens is 320 g/mol. The van der Waals surface area contributed by atoms with Crippen molar-refractivity contribution in [3.05, 3.63) is 0 Å². The van der Waals surface area contributed by atoms with Gasteiger partial charge >= 0.3 is 6.09 Å². The number of ether oxygens (including phenoxy) is 1. The van der Waals surface area contributed by atoms with Crippen molar-refractivity contribution in [1.29, 1.82) is 0 Å². The molecular formula is C13H23F2NO5S. The number of halogens is 2. The van der Waals surface area contributed by atoms with E-state index in [0.29, 0.717) is 0 Å². The fraction of sp³-hybridized carbons (Fsp3) is 0.923. The van der Waals surface area contributed by atoms with Crippen LogP contribution in [0.5, 0.6) is 0 Å². The van der Waals surface area contributed by atoms with Gasteiger partial charge in [-0.3, -0.25) is 4.18 Å². The lowest BCUT2D eigenvalue weighted by Gasteiger charge is -2.38. The summed E-state index contributed by atoms with van der Waals surface area (Å²) in [6, 6.07) is 0. The van der Waals surface area contributed by atoms with Gasteiger partial charge < -0.3 is 9.64 Å². The van der Waals surface area contributed by atoms with Crippen molar-refractivity contribution >= 4 is 16.2 Å². The van der Waals surface area contributed by atoms with Gasteiger partial charge in [0.05, 0.1) is 12.9 Å². The first-order valence-electron chi connectivity index (χ1n) is 7.00. The van der Waals surface area contributed by atoms with E-state index in [1.54, 1.807) is 20.8 Å². The number of likely N-dealkylation sites (tertiary alicyclic amines) is 1. The molecule has 22 heavy (non-hydrogen) atoms. The van der Waals surface area contributed by atoms with Crippen LogP contribution in [0.3, 0.4) is 0 Å². The van der Waals surface area contributed by atoms with Gasteiger partial charge in [0, 0.05) is 25.4 Å². The minimum atomic E-state index is -3.67. The summed E-state index contributed by atoms with van der Waals surface area (Å²) in [6.07, 6.45) is -0.411. The molecule has 0 aliphatic carbocycles. The Hall–Kier alpha value is -0.960. The van der Waals surface area contributed by atoms with Crippen LogP contribution in [0.1, 0.15) is 33.6 Å². The van der Waals surface area contributed by atoms with E-state index in [4.69, 9.17) is 4.74 Å². The highest BCUT2D eigenvalue weighted by molar-refractivity contribution is 7.85. The maximum absolute atomic E-state index is 13.9. The lowest BCUT2D eigenvalue weighted by atomic mass is 9.91. The second-order valence-corrected chi connectivity index (χ2v) is 8.09. The maximum Gasteiger partial charge on any atom is 0.410 e. The van der Waals surface area contributed by atoms with Crippen LogP contribution in [0.4, 0.5) is 13.6 Å². The van der Waals surface area contributed by atoms with E-state index in [1.165, 1.54) is 4.90 Å². The third-order valence-corrected chi connectivity index (χ3v) is 3.76. The Bertz CT molecular complexity index is 501. The number of nitrogens with zero attached hydrogens (tertiary/aromatic N) is 1. The molecule has 1 aliphatic heterocycles. The van der Waals surface area contributed by atoms with E-state index in [-0.39, 0.29) is 26.1 Å². The summed E-state index contributed by atoms with van der Waals surface area (Å²) in [4.78, 5) is 13.2. The van der Waals surface area contributed by atoms with Crippen LogP contribution in [0.25, 0.3) is 0 Å². The Labute approximate surface area is 129 Å². The topological polar surface area (TPSA) is 72.9 Å². The van der Waals surface area contributed by atoms with Crippen LogP contribution in [-0.2, 0) is 19.0 Å². The highest BCUT2D eigenvalue weighted by Crippen LogP contribution is 2.36. The van der Waals surface area contributed by atoms with Gasteiger partial charge in [-0.05, 0) is 27.2 Å². The van der Waals surface area contributed by atoms with Crippen LogP contribution in [0, 0.1) is 5.92 Å². The van der Waals surface area contributed by atoms with E-state index < -0.39 is 40.1 Å². The molecule has 0 spiro atoms. The zero-order valence-corrected chi connectivity index (χ0v) is 14.1. The number of piperidine rings is 1. The summed E-state index contributed by atoms with van der Waals surface area (Å²) >= 11 is 0. The second-order valence-electron chi connectivity index (χ2n) is 6.45. The predicted molar refractivity (Wildman–Crippen MR) is 76.3 cm³/mol. The number of carbonyl (C=O) groups excluding carboxylic acids is 1. The maximum atomic E-state index is 13.9. The van der Waals surface area contributed by atoms with Gasteiger partial charge in [-0.2, -0.15) is 8.42 Å². The Morgan fingerprint density at radius 1 is 1.36 bits per heavy atom. The molecule has 0 aromatic heterocycles. The zero-order valence-electron chi connectivity index (χ0n) is 13.3. The third kappa shape index (κ3) is 6.43. The molecule has 1 fully saturated rings. The highest BCUT2D eigenvalue weighted by Gasteiger charge is 2.45. The van der Waals surface area contributed by atoms with Gasteiger partial charge in [-0.15, -0.1) is 0 Å². The molecule has 1 saturated heterocycles. The van der Waals surface area contributed by atoms with E-state index in [1.807, 2.05) is 0 Å². The second kappa shape index (κ2) is 6.66. The van der Waals surface area contributed by atoms with Crippen LogP contribution >= 0.6 is 0 Å². The van der Waals surface area contributed by atoms with Crippen LogP contribution < -0.4 is 0 Å². The summed E-state index contributed by atoms with van der Waals surface area (Å²) < 4.78 is 59.2. The largest absolute Gasteiger partial charge is 0.444 e. The Balaban J connectivity index is 2.64. The lowest BCUT2D eigenvalue weighted by molar-refractivity contribution is -0.109. The molecule has 1 aliphatic rings. The Morgan fingerprint density at radius 2 is 1.95 bits per heavy atom. The van der Waals surface area contributed by atoms with Crippen LogP contribution in [-0.4, -0.2) is 56.9 Å². The van der Waals surface area contributed by atoms with Crippen molar-refractivity contribution < 1.29 is 30.9 Å². The summed E-state index contributed by atoms with van der Waals surface area (Å²) in [7, 11) is -3.67. The average molecular weight is 343 g/mol. The number of alkyl halides is 2. The first-order valence-corrected chi connectivity index (χ1v) is 8.82. The van der Waals surface area contributed by atoms with E-state index in [9.17, 15) is 22.0 Å². The minimum absolute atomic E-state index is 0.0919. The fourth-order valence-electron chi connectivity index (χ4n) is 2.12. The highest BCUT2D eigenvalue weighted by atomic mass is 32.2. The normalized spacial score (nSPS) is 22.5. The number of hydrogen-bond donors (Lipinski definition) is 0. The number of amides is 1. The van der Waals surface area contributed by atoms with Crippen molar-refractivity contribution in [1.82, 2.24) is 4.90 Å². The van der Waals surface area contributed by atoms with E-state index in [2.05, 4.69) is 4.18 Å². The lowest BCUT2D eigenvalue weighted by Crippen LogP contribution is -2.50. The molecule has 1 unspecified atom stereocenters. The van der Waals surface area contributed by atoms with Gasteiger partial charge in [0.2, 0.25) is 0 Å². The molecule has 9 heteroatoms. The predicted octanol–water partition coefficient (Wildman–Crippen LogP) is 2.25. The quantitative estimate of drug-likeness (QED) is 0.732. The summed E-state index contributed by atoms with van der Waals surface area (Å²) in [5.74, 6) is -4.12. The molecule has 0 aromatic rings. The Kier molecular flexibility index (Phi) is 5.77. The smallest absolute Gasteiger partial charge is 0.410 e. The first kappa shape index (κ1) is 19.1. The van der Waals surface area contributed by atoms with E-state index in [0.717, 1.165) is 6.26 Å². The standard InChI is InChI=1S/C13H23F2NO5S/c1-12(2,3)21-11(17)16-7-6-13(14,15)10(9-16)5-8-20-22(4,18)19/h10H,5-9H2,1-4H3. The molecule has 1 heterocycles. The number of carbonyl (C=O) groups is 1. The van der Waals surface area contributed by atoms with Gasteiger partial charge in [0.25, 0.3) is 16.0 Å². The summed E-state index contributed by atoms with van der Waals surface area (Å²) in [6.45, 7) is 4.48. The molecule has 0 radical (unpaired) electrons. The Morgan fingerprint density at radius 3 is 2.45 bits per heavy atom. The zero-order chi connectivity index (χ0) is 17.2. The van der Waals surface area contributed by atoms with Crippen LogP contribution in [0.2, 0.25) is 0 Å². The minimum Gasteiger partial charge on any atom is -0.444 e. The van der Waals surface area contributed by atoms with Crippen molar-refractivity contribution in [2.75, 3.05) is 26.0 Å². The molecule has 6 nitrogen and oxygen atoms in total. The van der Waals surface area contributed by atoms with Gasteiger partial charge in [-0.25, -0.2) is 13.6 Å². The monoisotopic (exact) mass is 343 g/mol. The summed E-state index contributed by atoms with van der Waals surface area (Å²) in [5.41, 5.74) is -0.702. The van der Waals surface area contributed by atoms with E-state index >= 15 is 0 Å². The van der Waals surface area contributed by atoms with Crippen molar-refractivity contribution in [2.24, 2.45) is 5.92 Å². The molecule has 130 valence electrons.